The lowest BCUT2D eigenvalue weighted by Gasteiger charge is -2.20. The van der Waals surface area contributed by atoms with Gasteiger partial charge in [-0.2, -0.15) is 0 Å². The Morgan fingerprint density at radius 2 is 1.94 bits per heavy atom. The highest BCUT2D eigenvalue weighted by Crippen LogP contribution is 2.18. The Balaban J connectivity index is 2.05. The lowest BCUT2D eigenvalue weighted by atomic mass is 10.1. The average Bonchev–Trinajstić information content (AvgIpc) is 2.90. The van der Waals surface area contributed by atoms with Gasteiger partial charge in [0.1, 0.15) is 5.76 Å². The molecule has 2 atom stereocenters. The SMILES string of the molecule is CC(NC(CN)c1ccco1)c1ccccc1. The van der Waals surface area contributed by atoms with E-state index in [1.807, 2.05) is 30.3 Å². The molecule has 1 heterocycles. The molecule has 1 aromatic carbocycles. The Bertz CT molecular complexity index is 425. The van der Waals surface area contributed by atoms with Crippen molar-refractivity contribution in [2.24, 2.45) is 5.73 Å². The minimum Gasteiger partial charge on any atom is -0.468 e. The monoisotopic (exact) mass is 230 g/mol. The molecule has 17 heavy (non-hydrogen) atoms. The molecular formula is C14H18N2O. The first-order chi connectivity index (χ1) is 8.31. The summed E-state index contributed by atoms with van der Waals surface area (Å²) in [6, 6.07) is 14.4. The molecule has 0 saturated heterocycles. The van der Waals surface area contributed by atoms with Crippen molar-refractivity contribution in [3.8, 4) is 0 Å². The second kappa shape index (κ2) is 5.66. The van der Waals surface area contributed by atoms with Gasteiger partial charge in [0.15, 0.2) is 0 Å². The van der Waals surface area contributed by atoms with Gasteiger partial charge in [-0.3, -0.25) is 5.32 Å². The van der Waals surface area contributed by atoms with E-state index in [0.29, 0.717) is 6.54 Å². The van der Waals surface area contributed by atoms with Gasteiger partial charge in [0.05, 0.1) is 12.3 Å². The molecule has 1 aromatic heterocycles. The fourth-order valence-electron chi connectivity index (χ4n) is 1.90. The Morgan fingerprint density at radius 3 is 2.53 bits per heavy atom. The fourth-order valence-corrected chi connectivity index (χ4v) is 1.90. The molecule has 0 aliphatic rings. The van der Waals surface area contributed by atoms with Crippen LogP contribution < -0.4 is 11.1 Å². The molecule has 0 spiro atoms. The zero-order valence-corrected chi connectivity index (χ0v) is 9.97. The molecule has 2 unspecified atom stereocenters. The first kappa shape index (κ1) is 11.9. The predicted octanol–water partition coefficient (Wildman–Crippen LogP) is 2.63. The predicted molar refractivity (Wildman–Crippen MR) is 68.5 cm³/mol. The van der Waals surface area contributed by atoms with Crippen molar-refractivity contribution >= 4 is 0 Å². The molecular weight excluding hydrogens is 212 g/mol. The van der Waals surface area contributed by atoms with Gasteiger partial charge in [-0.15, -0.1) is 0 Å². The van der Waals surface area contributed by atoms with Crippen molar-refractivity contribution < 1.29 is 4.42 Å². The van der Waals surface area contributed by atoms with Gasteiger partial charge in [0, 0.05) is 12.6 Å². The summed E-state index contributed by atoms with van der Waals surface area (Å²) < 4.78 is 5.38. The lowest BCUT2D eigenvalue weighted by molar-refractivity contribution is 0.389. The third-order valence-corrected chi connectivity index (χ3v) is 2.87. The molecule has 2 aromatic rings. The van der Waals surface area contributed by atoms with Gasteiger partial charge in [-0.05, 0) is 24.6 Å². The van der Waals surface area contributed by atoms with E-state index in [4.69, 9.17) is 10.2 Å². The summed E-state index contributed by atoms with van der Waals surface area (Å²) in [5.41, 5.74) is 7.02. The van der Waals surface area contributed by atoms with E-state index >= 15 is 0 Å². The minimum absolute atomic E-state index is 0.0557. The molecule has 3 N–H and O–H groups in total. The third-order valence-electron chi connectivity index (χ3n) is 2.87. The number of hydrogen-bond acceptors (Lipinski definition) is 3. The van der Waals surface area contributed by atoms with Crippen molar-refractivity contribution in [3.63, 3.8) is 0 Å². The summed E-state index contributed by atoms with van der Waals surface area (Å²) in [5, 5.41) is 3.47. The molecule has 3 heteroatoms. The number of nitrogens with two attached hydrogens (primary N) is 1. The molecule has 90 valence electrons. The maximum Gasteiger partial charge on any atom is 0.121 e. The van der Waals surface area contributed by atoms with Gasteiger partial charge in [0.2, 0.25) is 0 Å². The maximum absolute atomic E-state index is 5.77. The number of furan rings is 1. The Morgan fingerprint density at radius 1 is 1.18 bits per heavy atom. The molecule has 0 saturated carbocycles. The summed E-state index contributed by atoms with van der Waals surface area (Å²) in [7, 11) is 0. The van der Waals surface area contributed by atoms with Crippen LogP contribution in [-0.4, -0.2) is 6.54 Å². The summed E-state index contributed by atoms with van der Waals surface area (Å²) in [5.74, 6) is 0.885. The van der Waals surface area contributed by atoms with Crippen LogP contribution in [0.25, 0.3) is 0 Å². The first-order valence-electron chi connectivity index (χ1n) is 5.85. The third kappa shape index (κ3) is 2.96. The lowest BCUT2D eigenvalue weighted by Crippen LogP contribution is -2.30. The fraction of sp³-hybridized carbons (Fsp3) is 0.286. The minimum atomic E-state index is 0.0557. The van der Waals surface area contributed by atoms with E-state index in [2.05, 4.69) is 24.4 Å². The average molecular weight is 230 g/mol. The second-order valence-electron chi connectivity index (χ2n) is 4.10. The van der Waals surface area contributed by atoms with Crippen LogP contribution in [0.3, 0.4) is 0 Å². The van der Waals surface area contributed by atoms with E-state index in [1.54, 1.807) is 6.26 Å². The van der Waals surface area contributed by atoms with Crippen LogP contribution in [0, 0.1) is 0 Å². The zero-order chi connectivity index (χ0) is 12.1. The first-order valence-corrected chi connectivity index (χ1v) is 5.85. The van der Waals surface area contributed by atoms with Crippen LogP contribution >= 0.6 is 0 Å². The van der Waals surface area contributed by atoms with Gasteiger partial charge in [-0.1, -0.05) is 30.3 Å². The van der Waals surface area contributed by atoms with E-state index in [1.165, 1.54) is 5.56 Å². The van der Waals surface area contributed by atoms with Crippen LogP contribution in [0.15, 0.2) is 53.1 Å². The van der Waals surface area contributed by atoms with Crippen molar-refractivity contribution in [2.45, 2.75) is 19.0 Å². The number of rotatable bonds is 5. The Kier molecular flexibility index (Phi) is 3.96. The van der Waals surface area contributed by atoms with Crippen molar-refractivity contribution in [1.29, 1.82) is 0 Å². The van der Waals surface area contributed by atoms with Crippen molar-refractivity contribution in [1.82, 2.24) is 5.32 Å². The summed E-state index contributed by atoms with van der Waals surface area (Å²) >= 11 is 0. The number of nitrogens with one attached hydrogen (secondary N) is 1. The van der Waals surface area contributed by atoms with Crippen molar-refractivity contribution in [3.05, 3.63) is 60.1 Å². The molecule has 0 aliphatic heterocycles. The molecule has 3 nitrogen and oxygen atoms in total. The Hall–Kier alpha value is -1.58. The van der Waals surface area contributed by atoms with E-state index in [9.17, 15) is 0 Å². The Labute approximate surface area is 102 Å². The van der Waals surface area contributed by atoms with Crippen LogP contribution in [0.2, 0.25) is 0 Å². The second-order valence-corrected chi connectivity index (χ2v) is 4.10. The van der Waals surface area contributed by atoms with Gasteiger partial charge in [0.25, 0.3) is 0 Å². The quantitative estimate of drug-likeness (QED) is 0.830. The van der Waals surface area contributed by atoms with E-state index in [-0.39, 0.29) is 12.1 Å². The topological polar surface area (TPSA) is 51.2 Å². The van der Waals surface area contributed by atoms with Crippen molar-refractivity contribution in [2.75, 3.05) is 6.54 Å². The highest BCUT2D eigenvalue weighted by molar-refractivity contribution is 5.19. The zero-order valence-electron chi connectivity index (χ0n) is 9.97. The smallest absolute Gasteiger partial charge is 0.121 e. The highest BCUT2D eigenvalue weighted by Gasteiger charge is 2.15. The van der Waals surface area contributed by atoms with Crippen LogP contribution in [0.4, 0.5) is 0 Å². The normalized spacial score (nSPS) is 14.5. The summed E-state index contributed by atoms with van der Waals surface area (Å²) in [4.78, 5) is 0. The molecule has 0 bridgehead atoms. The molecule has 2 rings (SSSR count). The number of benzene rings is 1. The van der Waals surface area contributed by atoms with E-state index in [0.717, 1.165) is 5.76 Å². The summed E-state index contributed by atoms with van der Waals surface area (Å²) in [6.07, 6.45) is 1.67. The molecule has 0 amide bonds. The summed E-state index contributed by atoms with van der Waals surface area (Å²) in [6.45, 7) is 2.64. The number of hydrogen-bond donors (Lipinski definition) is 2. The van der Waals surface area contributed by atoms with Crippen LogP contribution in [0.1, 0.15) is 30.3 Å². The van der Waals surface area contributed by atoms with Gasteiger partial charge in [-0.25, -0.2) is 0 Å². The molecule has 0 radical (unpaired) electrons. The molecule has 0 fully saturated rings. The van der Waals surface area contributed by atoms with Crippen LogP contribution in [-0.2, 0) is 0 Å². The highest BCUT2D eigenvalue weighted by atomic mass is 16.3. The van der Waals surface area contributed by atoms with E-state index < -0.39 is 0 Å². The maximum atomic E-state index is 5.77. The van der Waals surface area contributed by atoms with Gasteiger partial charge < -0.3 is 10.2 Å². The van der Waals surface area contributed by atoms with Gasteiger partial charge >= 0.3 is 0 Å². The van der Waals surface area contributed by atoms with Crippen LogP contribution in [0.5, 0.6) is 0 Å². The molecule has 0 aliphatic carbocycles. The standard InChI is InChI=1S/C14H18N2O/c1-11(12-6-3-2-4-7-12)16-13(10-15)14-8-5-9-17-14/h2-9,11,13,16H,10,15H2,1H3. The largest absolute Gasteiger partial charge is 0.468 e.